The zero-order valence-corrected chi connectivity index (χ0v) is 10.6. The van der Waals surface area contributed by atoms with E-state index in [1.165, 1.54) is 6.07 Å². The first-order valence-corrected chi connectivity index (χ1v) is 5.95. The van der Waals surface area contributed by atoms with Crippen LogP contribution in [0.4, 0.5) is 8.78 Å². The molecule has 0 amide bonds. The molecule has 0 heterocycles. The quantitative estimate of drug-likeness (QED) is 0.872. The van der Waals surface area contributed by atoms with Crippen LogP contribution in [0.5, 0.6) is 5.75 Å². The van der Waals surface area contributed by atoms with Crippen molar-refractivity contribution in [3.05, 3.63) is 65.2 Å². The second kappa shape index (κ2) is 6.69. The van der Waals surface area contributed by atoms with Gasteiger partial charge in [-0.15, -0.1) is 0 Å². The highest BCUT2D eigenvalue weighted by Crippen LogP contribution is 2.19. The number of rotatable bonds is 3. The van der Waals surface area contributed by atoms with E-state index in [1.807, 2.05) is 6.07 Å². The number of halogens is 2. The van der Waals surface area contributed by atoms with Crippen LogP contribution in [0.15, 0.2) is 42.5 Å². The van der Waals surface area contributed by atoms with E-state index in [-0.39, 0.29) is 19.0 Å². The van der Waals surface area contributed by atoms with Crippen LogP contribution < -0.4 is 4.74 Å². The molecule has 0 atom stereocenters. The summed E-state index contributed by atoms with van der Waals surface area (Å²) < 4.78 is 31.4. The van der Waals surface area contributed by atoms with Gasteiger partial charge in [0.15, 0.2) is 11.6 Å². The van der Waals surface area contributed by atoms with Gasteiger partial charge in [0.2, 0.25) is 0 Å². The summed E-state index contributed by atoms with van der Waals surface area (Å²) in [5.41, 5.74) is 1.54. The first kappa shape index (κ1) is 14.0. The van der Waals surface area contributed by atoms with Crippen LogP contribution >= 0.6 is 0 Å². The minimum atomic E-state index is -0.735. The van der Waals surface area contributed by atoms with Crippen molar-refractivity contribution in [3.8, 4) is 17.6 Å². The first-order chi connectivity index (χ1) is 9.69. The monoisotopic (exact) mass is 274 g/mol. The number of aliphatic hydroxyl groups excluding tert-OH is 1. The van der Waals surface area contributed by atoms with Crippen molar-refractivity contribution in [3.63, 3.8) is 0 Å². The van der Waals surface area contributed by atoms with Crippen molar-refractivity contribution >= 4 is 0 Å². The van der Waals surface area contributed by atoms with Crippen LogP contribution in [0.25, 0.3) is 0 Å². The number of aliphatic hydroxyl groups is 1. The van der Waals surface area contributed by atoms with Gasteiger partial charge < -0.3 is 9.84 Å². The Balaban J connectivity index is 2.07. The van der Waals surface area contributed by atoms with E-state index in [2.05, 4.69) is 11.8 Å². The fourth-order valence-corrected chi connectivity index (χ4v) is 1.63. The molecule has 0 aliphatic heterocycles. The SMILES string of the molecule is OCC#Cc1cccc(COc2ccc(F)cc2F)c1. The molecule has 102 valence electrons. The lowest BCUT2D eigenvalue weighted by Crippen LogP contribution is -1.98. The van der Waals surface area contributed by atoms with Gasteiger partial charge in [0.05, 0.1) is 0 Å². The number of hydrogen-bond donors (Lipinski definition) is 1. The van der Waals surface area contributed by atoms with Crippen LogP contribution in [-0.4, -0.2) is 11.7 Å². The Morgan fingerprint density at radius 1 is 1.10 bits per heavy atom. The standard InChI is InChI=1S/C16H12F2O2/c17-14-6-7-16(15(18)10-14)20-11-13-4-1-3-12(9-13)5-2-8-19/h1,3-4,6-7,9-10,19H,8,11H2. The molecule has 20 heavy (non-hydrogen) atoms. The predicted molar refractivity (Wildman–Crippen MR) is 71.1 cm³/mol. The molecule has 2 nitrogen and oxygen atoms in total. The molecule has 0 aromatic heterocycles. The molecule has 2 aromatic rings. The Morgan fingerprint density at radius 3 is 2.70 bits per heavy atom. The summed E-state index contributed by atoms with van der Waals surface area (Å²) >= 11 is 0. The van der Waals surface area contributed by atoms with E-state index in [9.17, 15) is 8.78 Å². The van der Waals surface area contributed by atoms with Crippen LogP contribution in [0.1, 0.15) is 11.1 Å². The summed E-state index contributed by atoms with van der Waals surface area (Å²) in [7, 11) is 0. The fraction of sp³-hybridized carbons (Fsp3) is 0.125. The average molecular weight is 274 g/mol. The minimum absolute atomic E-state index is 0.00162. The van der Waals surface area contributed by atoms with Crippen LogP contribution in [0, 0.1) is 23.5 Å². The zero-order chi connectivity index (χ0) is 14.4. The molecule has 0 unspecified atom stereocenters. The second-order valence-electron chi connectivity index (χ2n) is 4.02. The van der Waals surface area contributed by atoms with Gasteiger partial charge in [0.25, 0.3) is 0 Å². The van der Waals surface area contributed by atoms with Crippen molar-refractivity contribution < 1.29 is 18.6 Å². The predicted octanol–water partition coefficient (Wildman–Crippen LogP) is 2.89. The molecule has 0 saturated carbocycles. The molecule has 1 N–H and O–H groups in total. The highest BCUT2D eigenvalue weighted by Gasteiger charge is 2.05. The Labute approximate surface area is 115 Å². The first-order valence-electron chi connectivity index (χ1n) is 5.95. The largest absolute Gasteiger partial charge is 0.486 e. The van der Waals surface area contributed by atoms with Crippen molar-refractivity contribution in [1.82, 2.24) is 0 Å². The summed E-state index contributed by atoms with van der Waals surface area (Å²) in [5, 5.41) is 8.63. The molecule has 0 fully saturated rings. The summed E-state index contributed by atoms with van der Waals surface area (Å²) in [4.78, 5) is 0. The van der Waals surface area contributed by atoms with Crippen molar-refractivity contribution in [1.29, 1.82) is 0 Å². The smallest absolute Gasteiger partial charge is 0.167 e. The Kier molecular flexibility index (Phi) is 4.70. The van der Waals surface area contributed by atoms with Crippen LogP contribution in [0.3, 0.4) is 0 Å². The molecule has 0 spiro atoms. The van der Waals surface area contributed by atoms with E-state index in [4.69, 9.17) is 9.84 Å². The molecule has 0 aliphatic carbocycles. The molecule has 0 saturated heterocycles. The molecule has 0 radical (unpaired) electrons. The summed E-state index contributed by atoms with van der Waals surface area (Å²) in [6.45, 7) is -0.0568. The Morgan fingerprint density at radius 2 is 1.95 bits per heavy atom. The Hall–Kier alpha value is -2.38. The number of benzene rings is 2. The maximum Gasteiger partial charge on any atom is 0.167 e. The lowest BCUT2D eigenvalue weighted by Gasteiger charge is -2.07. The number of ether oxygens (including phenoxy) is 1. The summed E-state index contributed by atoms with van der Waals surface area (Å²) in [5.74, 6) is 3.94. The van der Waals surface area contributed by atoms with Gasteiger partial charge >= 0.3 is 0 Å². The zero-order valence-electron chi connectivity index (χ0n) is 10.6. The van der Waals surface area contributed by atoms with E-state index in [1.54, 1.807) is 18.2 Å². The topological polar surface area (TPSA) is 29.5 Å². The molecular formula is C16H12F2O2. The lowest BCUT2D eigenvalue weighted by atomic mass is 10.1. The van der Waals surface area contributed by atoms with Crippen LogP contribution in [0.2, 0.25) is 0 Å². The lowest BCUT2D eigenvalue weighted by molar-refractivity contribution is 0.289. The maximum atomic E-state index is 13.4. The number of hydrogen-bond acceptors (Lipinski definition) is 2. The highest BCUT2D eigenvalue weighted by atomic mass is 19.1. The molecular weight excluding hydrogens is 262 g/mol. The van der Waals surface area contributed by atoms with E-state index in [0.29, 0.717) is 0 Å². The van der Waals surface area contributed by atoms with E-state index < -0.39 is 11.6 Å². The summed E-state index contributed by atoms with van der Waals surface area (Å²) in [6, 6.07) is 10.3. The van der Waals surface area contributed by atoms with E-state index in [0.717, 1.165) is 23.3 Å². The third kappa shape index (κ3) is 3.81. The second-order valence-corrected chi connectivity index (χ2v) is 4.02. The third-order valence-corrected chi connectivity index (χ3v) is 2.53. The van der Waals surface area contributed by atoms with Gasteiger partial charge in [-0.05, 0) is 29.8 Å². The third-order valence-electron chi connectivity index (χ3n) is 2.53. The van der Waals surface area contributed by atoms with Gasteiger partial charge in [-0.1, -0.05) is 24.0 Å². The van der Waals surface area contributed by atoms with E-state index >= 15 is 0 Å². The molecule has 0 aliphatic rings. The van der Waals surface area contributed by atoms with Crippen LogP contribution in [-0.2, 0) is 6.61 Å². The molecule has 2 aromatic carbocycles. The fourth-order valence-electron chi connectivity index (χ4n) is 1.63. The van der Waals surface area contributed by atoms with Gasteiger partial charge in [-0.3, -0.25) is 0 Å². The van der Waals surface area contributed by atoms with Crippen molar-refractivity contribution in [2.75, 3.05) is 6.61 Å². The average Bonchev–Trinajstić information content (AvgIpc) is 2.45. The normalized spacial score (nSPS) is 9.75. The molecule has 0 bridgehead atoms. The van der Waals surface area contributed by atoms with Gasteiger partial charge in [0, 0.05) is 11.6 Å². The van der Waals surface area contributed by atoms with Crippen molar-refractivity contribution in [2.24, 2.45) is 0 Å². The van der Waals surface area contributed by atoms with Gasteiger partial charge in [-0.25, -0.2) is 8.78 Å². The molecule has 4 heteroatoms. The van der Waals surface area contributed by atoms with Crippen molar-refractivity contribution in [2.45, 2.75) is 6.61 Å². The highest BCUT2D eigenvalue weighted by molar-refractivity contribution is 5.37. The Bertz CT molecular complexity index is 657. The summed E-state index contributed by atoms with van der Waals surface area (Å²) in [6.07, 6.45) is 0. The molecule has 2 rings (SSSR count). The minimum Gasteiger partial charge on any atom is -0.486 e. The maximum absolute atomic E-state index is 13.4. The van der Waals surface area contributed by atoms with Gasteiger partial charge in [-0.2, -0.15) is 0 Å². The van der Waals surface area contributed by atoms with Gasteiger partial charge in [0.1, 0.15) is 19.0 Å².